The Morgan fingerprint density at radius 1 is 1.27 bits per heavy atom. The van der Waals surface area contributed by atoms with Crippen molar-refractivity contribution in [2.75, 3.05) is 32.8 Å². The Balaban J connectivity index is 2.59. The molecule has 1 aliphatic rings. The SMILES string of the molecule is CCCCC(CC)(CN)N1CCOCC1. The molecule has 15 heavy (non-hydrogen) atoms. The Morgan fingerprint density at radius 2 is 1.93 bits per heavy atom. The molecule has 0 aromatic rings. The number of nitrogens with two attached hydrogens (primary N) is 1. The molecule has 1 fully saturated rings. The van der Waals surface area contributed by atoms with Crippen molar-refractivity contribution in [2.45, 2.75) is 45.1 Å². The van der Waals surface area contributed by atoms with Crippen LogP contribution < -0.4 is 5.73 Å². The van der Waals surface area contributed by atoms with Crippen LogP contribution in [0.2, 0.25) is 0 Å². The number of morpholine rings is 1. The fourth-order valence-electron chi connectivity index (χ4n) is 2.48. The predicted molar refractivity (Wildman–Crippen MR) is 64.0 cm³/mol. The lowest BCUT2D eigenvalue weighted by molar-refractivity contribution is -0.0253. The Kier molecular flexibility index (Phi) is 5.58. The third kappa shape index (κ3) is 3.16. The van der Waals surface area contributed by atoms with Crippen molar-refractivity contribution in [3.8, 4) is 0 Å². The average Bonchev–Trinajstić information content (AvgIpc) is 2.33. The summed E-state index contributed by atoms with van der Waals surface area (Å²) in [6, 6.07) is 0. The molecule has 0 bridgehead atoms. The molecule has 1 rings (SSSR count). The van der Waals surface area contributed by atoms with Crippen molar-refractivity contribution >= 4 is 0 Å². The molecule has 0 amide bonds. The van der Waals surface area contributed by atoms with E-state index in [4.69, 9.17) is 10.5 Å². The highest BCUT2D eigenvalue weighted by molar-refractivity contribution is 4.91. The third-order valence-corrected chi connectivity index (χ3v) is 3.72. The van der Waals surface area contributed by atoms with Gasteiger partial charge in [0.25, 0.3) is 0 Å². The van der Waals surface area contributed by atoms with Crippen molar-refractivity contribution in [3.63, 3.8) is 0 Å². The minimum atomic E-state index is 0.236. The quantitative estimate of drug-likeness (QED) is 0.730. The van der Waals surface area contributed by atoms with Crippen LogP contribution in [0.3, 0.4) is 0 Å². The van der Waals surface area contributed by atoms with Gasteiger partial charge in [0.2, 0.25) is 0 Å². The van der Waals surface area contributed by atoms with Crippen LogP contribution in [0, 0.1) is 0 Å². The minimum Gasteiger partial charge on any atom is -0.379 e. The van der Waals surface area contributed by atoms with Crippen LogP contribution >= 0.6 is 0 Å². The largest absolute Gasteiger partial charge is 0.379 e. The molecule has 1 atom stereocenters. The molecule has 0 aromatic heterocycles. The molecule has 0 radical (unpaired) electrons. The fraction of sp³-hybridized carbons (Fsp3) is 1.00. The molecule has 1 heterocycles. The van der Waals surface area contributed by atoms with Crippen LogP contribution in [-0.4, -0.2) is 43.3 Å². The standard InChI is InChI=1S/C12H26N2O/c1-3-5-6-12(4-2,11-13)14-7-9-15-10-8-14/h3-11,13H2,1-2H3. The molecule has 0 saturated carbocycles. The molecule has 0 aliphatic carbocycles. The summed E-state index contributed by atoms with van der Waals surface area (Å²) in [5.41, 5.74) is 6.24. The van der Waals surface area contributed by atoms with Gasteiger partial charge in [-0.1, -0.05) is 26.7 Å². The van der Waals surface area contributed by atoms with Gasteiger partial charge in [-0.2, -0.15) is 0 Å². The molecule has 90 valence electrons. The van der Waals surface area contributed by atoms with E-state index in [1.54, 1.807) is 0 Å². The Bertz CT molecular complexity index is 163. The lowest BCUT2D eigenvalue weighted by Gasteiger charge is -2.45. The second-order valence-corrected chi connectivity index (χ2v) is 4.48. The molecule has 3 nitrogen and oxygen atoms in total. The van der Waals surface area contributed by atoms with Crippen LogP contribution in [0.15, 0.2) is 0 Å². The van der Waals surface area contributed by atoms with E-state index in [1.165, 1.54) is 19.3 Å². The summed E-state index contributed by atoms with van der Waals surface area (Å²) >= 11 is 0. The molecule has 0 aromatic carbocycles. The van der Waals surface area contributed by atoms with Gasteiger partial charge >= 0.3 is 0 Å². The van der Waals surface area contributed by atoms with Gasteiger partial charge in [0.1, 0.15) is 0 Å². The molecule has 2 N–H and O–H groups in total. The number of unbranched alkanes of at least 4 members (excludes halogenated alkanes) is 1. The number of hydrogen-bond acceptors (Lipinski definition) is 3. The maximum absolute atomic E-state index is 6.01. The van der Waals surface area contributed by atoms with Gasteiger partial charge in [0, 0.05) is 25.2 Å². The highest BCUT2D eigenvalue weighted by Crippen LogP contribution is 2.26. The topological polar surface area (TPSA) is 38.5 Å². The van der Waals surface area contributed by atoms with Crippen molar-refractivity contribution in [1.29, 1.82) is 0 Å². The van der Waals surface area contributed by atoms with E-state index in [1.807, 2.05) is 0 Å². The zero-order valence-corrected chi connectivity index (χ0v) is 10.3. The van der Waals surface area contributed by atoms with Gasteiger partial charge in [-0.05, 0) is 12.8 Å². The maximum Gasteiger partial charge on any atom is 0.0594 e. The summed E-state index contributed by atoms with van der Waals surface area (Å²) in [5.74, 6) is 0. The van der Waals surface area contributed by atoms with Gasteiger partial charge < -0.3 is 10.5 Å². The first-order valence-electron chi connectivity index (χ1n) is 6.32. The van der Waals surface area contributed by atoms with Crippen LogP contribution in [0.25, 0.3) is 0 Å². The molecule has 1 unspecified atom stereocenters. The van der Waals surface area contributed by atoms with Gasteiger partial charge in [0.05, 0.1) is 13.2 Å². The highest BCUT2D eigenvalue weighted by atomic mass is 16.5. The fourth-order valence-corrected chi connectivity index (χ4v) is 2.48. The number of hydrogen-bond donors (Lipinski definition) is 1. The highest BCUT2D eigenvalue weighted by Gasteiger charge is 2.33. The van der Waals surface area contributed by atoms with E-state index in [2.05, 4.69) is 18.7 Å². The van der Waals surface area contributed by atoms with E-state index >= 15 is 0 Å². The van der Waals surface area contributed by atoms with Gasteiger partial charge in [-0.15, -0.1) is 0 Å². The lowest BCUT2D eigenvalue weighted by Crippen LogP contribution is -2.57. The van der Waals surface area contributed by atoms with Crippen molar-refractivity contribution in [3.05, 3.63) is 0 Å². The van der Waals surface area contributed by atoms with Gasteiger partial charge in [0.15, 0.2) is 0 Å². The van der Waals surface area contributed by atoms with E-state index in [0.717, 1.165) is 39.3 Å². The second-order valence-electron chi connectivity index (χ2n) is 4.48. The maximum atomic E-state index is 6.01. The van der Waals surface area contributed by atoms with Crippen LogP contribution in [0.1, 0.15) is 39.5 Å². The molecule has 0 spiro atoms. The summed E-state index contributed by atoms with van der Waals surface area (Å²) in [6.45, 7) is 9.13. The van der Waals surface area contributed by atoms with Gasteiger partial charge in [-0.25, -0.2) is 0 Å². The summed E-state index contributed by atoms with van der Waals surface area (Å²) in [6.07, 6.45) is 4.93. The summed E-state index contributed by atoms with van der Waals surface area (Å²) < 4.78 is 5.41. The first-order valence-corrected chi connectivity index (χ1v) is 6.32. The van der Waals surface area contributed by atoms with Crippen molar-refractivity contribution in [1.82, 2.24) is 4.90 Å². The first kappa shape index (κ1) is 12.9. The molecule has 1 aliphatic heterocycles. The Labute approximate surface area is 94.0 Å². The zero-order chi connectivity index (χ0) is 11.1. The van der Waals surface area contributed by atoms with Crippen LogP contribution in [0.4, 0.5) is 0 Å². The van der Waals surface area contributed by atoms with E-state index in [0.29, 0.717) is 0 Å². The third-order valence-electron chi connectivity index (χ3n) is 3.72. The van der Waals surface area contributed by atoms with E-state index in [9.17, 15) is 0 Å². The summed E-state index contributed by atoms with van der Waals surface area (Å²) in [7, 11) is 0. The van der Waals surface area contributed by atoms with Crippen LogP contribution in [0.5, 0.6) is 0 Å². The average molecular weight is 214 g/mol. The van der Waals surface area contributed by atoms with E-state index < -0.39 is 0 Å². The summed E-state index contributed by atoms with van der Waals surface area (Å²) in [4.78, 5) is 2.55. The first-order chi connectivity index (χ1) is 7.29. The van der Waals surface area contributed by atoms with Gasteiger partial charge in [-0.3, -0.25) is 4.90 Å². The Morgan fingerprint density at radius 3 is 2.40 bits per heavy atom. The molecule has 1 saturated heterocycles. The molecule has 3 heteroatoms. The second kappa shape index (κ2) is 6.46. The number of ether oxygens (including phenoxy) is 1. The normalized spacial score (nSPS) is 22.6. The lowest BCUT2D eigenvalue weighted by atomic mass is 9.87. The Hall–Kier alpha value is -0.120. The van der Waals surface area contributed by atoms with Crippen molar-refractivity contribution < 1.29 is 4.74 Å². The molecular formula is C12H26N2O. The number of nitrogens with zero attached hydrogens (tertiary/aromatic N) is 1. The predicted octanol–water partition coefficient (Wildman–Crippen LogP) is 1.62. The number of rotatable bonds is 6. The van der Waals surface area contributed by atoms with Crippen molar-refractivity contribution in [2.24, 2.45) is 5.73 Å². The van der Waals surface area contributed by atoms with Crippen LogP contribution in [-0.2, 0) is 4.74 Å². The molecular weight excluding hydrogens is 188 g/mol. The monoisotopic (exact) mass is 214 g/mol. The smallest absolute Gasteiger partial charge is 0.0594 e. The minimum absolute atomic E-state index is 0.236. The zero-order valence-electron chi connectivity index (χ0n) is 10.3. The summed E-state index contributed by atoms with van der Waals surface area (Å²) in [5, 5.41) is 0. The van der Waals surface area contributed by atoms with E-state index in [-0.39, 0.29) is 5.54 Å².